The first kappa shape index (κ1) is 23.5. The molecule has 1 aliphatic heterocycles. The summed E-state index contributed by atoms with van der Waals surface area (Å²) in [6.45, 7) is 3.37. The van der Waals surface area contributed by atoms with E-state index >= 15 is 0 Å². The van der Waals surface area contributed by atoms with Crippen LogP contribution in [0.5, 0.6) is 5.75 Å². The van der Waals surface area contributed by atoms with Gasteiger partial charge in [0.25, 0.3) is 0 Å². The van der Waals surface area contributed by atoms with E-state index in [9.17, 15) is 0 Å². The fraction of sp³-hybridized carbons (Fsp3) is 0.370. The average molecular weight is 490 g/mol. The number of nitrogens with zero attached hydrogens (tertiary/aromatic N) is 5. The Bertz CT molecular complexity index is 1260. The summed E-state index contributed by atoms with van der Waals surface area (Å²) in [5.41, 5.74) is 2.37. The molecule has 0 aliphatic carbocycles. The Morgan fingerprint density at radius 3 is 2.51 bits per heavy atom. The molecule has 7 nitrogen and oxygen atoms in total. The number of furan rings is 1. The van der Waals surface area contributed by atoms with E-state index in [0.717, 1.165) is 48.3 Å². The summed E-state index contributed by atoms with van der Waals surface area (Å²) in [4.78, 5) is 6.60. The number of aryl methyl sites for hydroxylation is 1. The first-order valence-corrected chi connectivity index (χ1v) is 12.6. The standard InChI is InChI=1S/C27H31N5O2S/c1-33-24-8-6-21(7-9-24)4-5-22-12-16-30(17-13-22)20-32-27(35)31(19-25-3-2-18-34-25)26(29-32)23-10-14-28-15-11-23/h2-3,6-11,14-15,18,22H,4-5,12-13,16-17,19-20H2,1H3. The third-order valence-corrected chi connectivity index (χ3v) is 7.23. The highest BCUT2D eigenvalue weighted by Gasteiger charge is 2.21. The molecule has 4 heterocycles. The normalized spacial score (nSPS) is 14.9. The number of pyridine rings is 1. The molecule has 0 unspecified atom stereocenters. The lowest BCUT2D eigenvalue weighted by atomic mass is 9.91. The Hall–Kier alpha value is -3.23. The fourth-order valence-corrected chi connectivity index (χ4v) is 4.97. The van der Waals surface area contributed by atoms with Crippen molar-refractivity contribution < 1.29 is 9.15 Å². The summed E-state index contributed by atoms with van der Waals surface area (Å²) in [5.74, 6) is 3.36. The van der Waals surface area contributed by atoms with Crippen LogP contribution >= 0.6 is 12.2 Å². The summed E-state index contributed by atoms with van der Waals surface area (Å²) in [5, 5.41) is 4.92. The summed E-state index contributed by atoms with van der Waals surface area (Å²) in [6, 6.07) is 16.2. The SMILES string of the molecule is COc1ccc(CCC2CCN(Cn3nc(-c4ccncc4)n(Cc4ccco4)c3=S)CC2)cc1. The van der Waals surface area contributed by atoms with Crippen molar-refractivity contribution in [2.24, 2.45) is 5.92 Å². The number of hydrogen-bond acceptors (Lipinski definition) is 6. The molecule has 1 fully saturated rings. The van der Waals surface area contributed by atoms with Crippen molar-refractivity contribution in [2.75, 3.05) is 20.2 Å². The van der Waals surface area contributed by atoms with Gasteiger partial charge in [0.05, 0.1) is 26.6 Å². The maximum absolute atomic E-state index is 5.86. The van der Waals surface area contributed by atoms with Crippen LogP contribution in [0, 0.1) is 10.7 Å². The second-order valence-corrected chi connectivity index (χ2v) is 9.46. The Balaban J connectivity index is 1.22. The average Bonchev–Trinajstić information content (AvgIpc) is 3.53. The molecule has 8 heteroatoms. The van der Waals surface area contributed by atoms with Crippen molar-refractivity contribution in [3.05, 3.63) is 83.3 Å². The number of rotatable bonds is 9. The molecule has 3 aromatic heterocycles. The van der Waals surface area contributed by atoms with Crippen LogP contribution in [-0.4, -0.2) is 44.4 Å². The van der Waals surface area contributed by atoms with Crippen LogP contribution in [0.2, 0.25) is 0 Å². The summed E-state index contributed by atoms with van der Waals surface area (Å²) in [6.07, 6.45) is 10.0. The molecule has 0 spiro atoms. The summed E-state index contributed by atoms with van der Waals surface area (Å²) >= 11 is 5.86. The molecule has 0 amide bonds. The number of methoxy groups -OCH3 is 1. The van der Waals surface area contributed by atoms with Gasteiger partial charge in [-0.15, -0.1) is 0 Å². The van der Waals surface area contributed by atoms with Gasteiger partial charge in [0.2, 0.25) is 0 Å². The van der Waals surface area contributed by atoms with Gasteiger partial charge >= 0.3 is 0 Å². The number of aromatic nitrogens is 4. The highest BCUT2D eigenvalue weighted by atomic mass is 32.1. The molecule has 1 saturated heterocycles. The number of likely N-dealkylation sites (tertiary alicyclic amines) is 1. The molecule has 0 N–H and O–H groups in total. The van der Waals surface area contributed by atoms with Crippen molar-refractivity contribution in [1.82, 2.24) is 24.2 Å². The zero-order valence-electron chi connectivity index (χ0n) is 20.0. The number of benzene rings is 1. The maximum atomic E-state index is 5.86. The number of hydrogen-bond donors (Lipinski definition) is 0. The second-order valence-electron chi connectivity index (χ2n) is 9.10. The van der Waals surface area contributed by atoms with Crippen molar-refractivity contribution >= 4 is 12.2 Å². The van der Waals surface area contributed by atoms with E-state index in [-0.39, 0.29) is 0 Å². The number of piperidine rings is 1. The monoisotopic (exact) mass is 489 g/mol. The third kappa shape index (κ3) is 5.71. The molecule has 1 aromatic carbocycles. The van der Waals surface area contributed by atoms with Gasteiger partial charge in [-0.25, -0.2) is 4.68 Å². The lowest BCUT2D eigenvalue weighted by molar-refractivity contribution is 0.136. The van der Waals surface area contributed by atoms with E-state index in [1.165, 1.54) is 24.8 Å². The quantitative estimate of drug-likeness (QED) is 0.292. The van der Waals surface area contributed by atoms with E-state index in [4.69, 9.17) is 26.5 Å². The van der Waals surface area contributed by atoms with Gasteiger partial charge in [0.15, 0.2) is 10.6 Å². The van der Waals surface area contributed by atoms with Crippen LogP contribution in [0.25, 0.3) is 11.4 Å². The van der Waals surface area contributed by atoms with Gasteiger partial charge in [-0.3, -0.25) is 14.5 Å². The third-order valence-electron chi connectivity index (χ3n) is 6.80. The zero-order chi connectivity index (χ0) is 24.0. The molecular formula is C27H31N5O2S. The van der Waals surface area contributed by atoms with Gasteiger partial charge in [-0.05, 0) is 85.8 Å². The summed E-state index contributed by atoms with van der Waals surface area (Å²) in [7, 11) is 1.71. The Morgan fingerprint density at radius 1 is 1.06 bits per heavy atom. The van der Waals surface area contributed by atoms with E-state index in [2.05, 4.69) is 22.0 Å². The molecule has 0 atom stereocenters. The van der Waals surface area contributed by atoms with Crippen molar-refractivity contribution in [3.8, 4) is 17.1 Å². The Kier molecular flexibility index (Phi) is 7.39. The molecule has 182 valence electrons. The molecule has 0 radical (unpaired) electrons. The Labute approximate surface area is 211 Å². The van der Waals surface area contributed by atoms with Crippen LogP contribution in [0.3, 0.4) is 0 Å². The van der Waals surface area contributed by atoms with Gasteiger partial charge in [-0.2, -0.15) is 5.10 Å². The predicted octanol–water partition coefficient (Wildman–Crippen LogP) is 5.43. The highest BCUT2D eigenvalue weighted by molar-refractivity contribution is 7.71. The van der Waals surface area contributed by atoms with Gasteiger partial charge < -0.3 is 9.15 Å². The van der Waals surface area contributed by atoms with Crippen molar-refractivity contribution in [2.45, 2.75) is 38.9 Å². The van der Waals surface area contributed by atoms with Crippen LogP contribution in [-0.2, 0) is 19.6 Å². The molecule has 5 rings (SSSR count). The largest absolute Gasteiger partial charge is 0.497 e. The lowest BCUT2D eigenvalue weighted by Gasteiger charge is -2.31. The molecule has 0 saturated carbocycles. The van der Waals surface area contributed by atoms with Crippen LogP contribution < -0.4 is 4.74 Å². The smallest absolute Gasteiger partial charge is 0.199 e. The maximum Gasteiger partial charge on any atom is 0.199 e. The first-order valence-electron chi connectivity index (χ1n) is 12.2. The van der Waals surface area contributed by atoms with Crippen LogP contribution in [0.15, 0.2) is 71.6 Å². The minimum atomic E-state index is 0.553. The van der Waals surface area contributed by atoms with E-state index < -0.39 is 0 Å². The molecule has 0 bridgehead atoms. The zero-order valence-corrected chi connectivity index (χ0v) is 20.9. The second kappa shape index (κ2) is 11.0. The van der Waals surface area contributed by atoms with E-state index in [1.54, 1.807) is 25.8 Å². The van der Waals surface area contributed by atoms with E-state index in [0.29, 0.717) is 18.0 Å². The molecular weight excluding hydrogens is 458 g/mol. The van der Waals surface area contributed by atoms with Gasteiger partial charge in [0, 0.05) is 31.0 Å². The highest BCUT2D eigenvalue weighted by Crippen LogP contribution is 2.25. The molecule has 35 heavy (non-hydrogen) atoms. The van der Waals surface area contributed by atoms with Crippen LogP contribution in [0.4, 0.5) is 0 Å². The minimum Gasteiger partial charge on any atom is -0.497 e. The summed E-state index contributed by atoms with van der Waals surface area (Å²) < 4.78 is 15.6. The topological polar surface area (TPSA) is 61.2 Å². The van der Waals surface area contributed by atoms with Gasteiger partial charge in [-0.1, -0.05) is 12.1 Å². The predicted molar refractivity (Wildman–Crippen MR) is 138 cm³/mol. The first-order chi connectivity index (χ1) is 17.2. The lowest BCUT2D eigenvalue weighted by Crippen LogP contribution is -2.35. The molecule has 4 aromatic rings. The van der Waals surface area contributed by atoms with Crippen molar-refractivity contribution in [1.29, 1.82) is 0 Å². The van der Waals surface area contributed by atoms with Crippen molar-refractivity contribution in [3.63, 3.8) is 0 Å². The number of ether oxygens (including phenoxy) is 1. The van der Waals surface area contributed by atoms with E-state index in [1.807, 2.05) is 45.6 Å². The Morgan fingerprint density at radius 2 is 1.83 bits per heavy atom. The van der Waals surface area contributed by atoms with Gasteiger partial charge in [0.1, 0.15) is 11.5 Å². The fourth-order valence-electron chi connectivity index (χ4n) is 4.72. The minimum absolute atomic E-state index is 0.553. The molecule has 1 aliphatic rings. The van der Waals surface area contributed by atoms with Crippen LogP contribution in [0.1, 0.15) is 30.6 Å².